The number of nitrogens with two attached hydrogens (primary N) is 1. The van der Waals surface area contributed by atoms with Gasteiger partial charge in [-0.25, -0.2) is 4.68 Å². The maximum Gasteiger partial charge on any atom is 0.312 e. The van der Waals surface area contributed by atoms with Crippen molar-refractivity contribution in [2.45, 2.75) is 118 Å². The summed E-state index contributed by atoms with van der Waals surface area (Å²) in [4.78, 5) is 40.6. The molecule has 0 saturated carbocycles. The first-order valence-corrected chi connectivity index (χ1v) is 21.0. The maximum absolute atomic E-state index is 14.5. The van der Waals surface area contributed by atoms with E-state index in [-0.39, 0.29) is 45.6 Å². The number of aromatic hydroxyl groups is 2. The molecule has 2 aromatic carbocycles. The Morgan fingerprint density at radius 1 is 1.05 bits per heavy atom. The number of carbonyl (C=O) groups is 3. The fraction of sp³-hybridized carbons (Fsp3) is 0.533. The van der Waals surface area contributed by atoms with Gasteiger partial charge in [0, 0.05) is 67.2 Å². The number of aliphatic hydroxyl groups is 2. The highest BCUT2D eigenvalue weighted by Gasteiger charge is 2.49. The number of aliphatic hydroxyl groups excluding tert-OH is 2. The number of nitrogens with zero attached hydrogens (tertiary/aromatic N) is 3. The summed E-state index contributed by atoms with van der Waals surface area (Å²) in [7, 11) is 1.43. The Hall–Kier alpha value is -5.49. The van der Waals surface area contributed by atoms with Gasteiger partial charge >= 0.3 is 11.8 Å². The zero-order valence-electron chi connectivity index (χ0n) is 37.1. The molecular formula is C45H61N5O12. The number of aryl methyl sites for hydroxylation is 1. The molecule has 0 aliphatic carbocycles. The number of ether oxygens (including phenoxy) is 4. The number of carbonyl (C=O) groups excluding carboxylic acids is 3. The predicted molar refractivity (Wildman–Crippen MR) is 226 cm³/mol. The number of amides is 1. The number of hydrogen-bond acceptors (Lipinski definition) is 14. The average Bonchev–Trinajstić information content (AvgIpc) is 3.79. The van der Waals surface area contributed by atoms with E-state index in [1.165, 1.54) is 53.2 Å². The van der Waals surface area contributed by atoms with Crippen molar-refractivity contribution < 1.29 is 64.2 Å². The smallest absolute Gasteiger partial charge is 0.312 e. The van der Waals surface area contributed by atoms with Crippen molar-refractivity contribution in [1.29, 1.82) is 0 Å². The SMILES string of the molecule is CCCc1cn(CC[NH2+]Cc2c3c(O)c4c([O-])c(C)c5c(c4c2O)C(=O)[C@@](C)(O/C=C/[C@H](OC)[C@@H](C)[C@@H](OC(C)=O)[C@H](C)[C@H](O)[C@H](C)[C@@H](O)[C@@H](C)/C=C/C=C(/C)C(=O)N3)O5)nn1. The number of Topliss-reactive ketones (excluding diaryl/α,β-unsaturated/α-hetero) is 1. The van der Waals surface area contributed by atoms with E-state index in [0.717, 1.165) is 18.5 Å². The van der Waals surface area contributed by atoms with Crippen molar-refractivity contribution in [3.63, 3.8) is 0 Å². The van der Waals surface area contributed by atoms with E-state index in [1.807, 2.05) is 18.4 Å². The number of nitrogens with one attached hydrogen (secondary N) is 1. The van der Waals surface area contributed by atoms with E-state index in [0.29, 0.717) is 13.1 Å². The Morgan fingerprint density at radius 3 is 2.42 bits per heavy atom. The molecule has 5 bridgehead atoms. The van der Waals surface area contributed by atoms with Gasteiger partial charge in [0.05, 0.1) is 60.2 Å². The van der Waals surface area contributed by atoms with Gasteiger partial charge in [0.15, 0.2) is 0 Å². The van der Waals surface area contributed by atoms with E-state index < -0.39 is 94.2 Å². The molecule has 0 radical (unpaired) electrons. The first kappa shape index (κ1) is 47.6. The highest BCUT2D eigenvalue weighted by atomic mass is 16.7. The normalized spacial score (nSPS) is 29.1. The summed E-state index contributed by atoms with van der Waals surface area (Å²) in [6.07, 6.45) is 7.07. The second kappa shape index (κ2) is 19.7. The van der Waals surface area contributed by atoms with Crippen LogP contribution in [0.3, 0.4) is 0 Å². The van der Waals surface area contributed by atoms with Gasteiger partial charge in [0.2, 0.25) is 0 Å². The van der Waals surface area contributed by atoms with Gasteiger partial charge in [0.1, 0.15) is 29.9 Å². The van der Waals surface area contributed by atoms with Crippen LogP contribution < -0.4 is 20.5 Å². The number of methoxy groups -OCH3 is 1. The summed E-state index contributed by atoms with van der Waals surface area (Å²) in [5, 5.41) is 73.2. The molecule has 9 atom stereocenters. The molecule has 17 heteroatoms. The molecule has 7 N–H and O–H groups in total. The number of aromatic nitrogens is 3. The Kier molecular flexibility index (Phi) is 15.1. The lowest BCUT2D eigenvalue weighted by atomic mass is 9.78. The Morgan fingerprint density at radius 2 is 1.76 bits per heavy atom. The van der Waals surface area contributed by atoms with E-state index in [4.69, 9.17) is 18.9 Å². The molecule has 3 aromatic rings. The molecular weight excluding hydrogens is 803 g/mol. The molecule has 62 heavy (non-hydrogen) atoms. The topological polar surface area (TPSA) is 251 Å². The monoisotopic (exact) mass is 863 g/mol. The highest BCUT2D eigenvalue weighted by molar-refractivity contribution is 6.22. The maximum atomic E-state index is 14.5. The third kappa shape index (κ3) is 9.60. The second-order valence-corrected chi connectivity index (χ2v) is 16.7. The third-order valence-corrected chi connectivity index (χ3v) is 12.1. The summed E-state index contributed by atoms with van der Waals surface area (Å²) >= 11 is 0. The van der Waals surface area contributed by atoms with Crippen LogP contribution in [0, 0.1) is 30.6 Å². The van der Waals surface area contributed by atoms with Crippen LogP contribution in [0.15, 0.2) is 42.3 Å². The largest absolute Gasteiger partial charge is 0.872 e. The molecule has 3 aliphatic heterocycles. The number of fused-ring (bicyclic) bond motifs is 14. The quantitative estimate of drug-likeness (QED) is 0.0781. The molecule has 3 aliphatic rings. The molecule has 0 saturated heterocycles. The lowest BCUT2D eigenvalue weighted by molar-refractivity contribution is -0.671. The lowest BCUT2D eigenvalue weighted by Gasteiger charge is -2.38. The summed E-state index contributed by atoms with van der Waals surface area (Å²) in [5.74, 6) is -8.66. The van der Waals surface area contributed by atoms with Crippen molar-refractivity contribution in [2.24, 2.45) is 23.7 Å². The van der Waals surface area contributed by atoms with Gasteiger partial charge in [-0.05, 0) is 31.9 Å². The van der Waals surface area contributed by atoms with Crippen LogP contribution in [0.4, 0.5) is 5.69 Å². The summed E-state index contributed by atoms with van der Waals surface area (Å²) < 4.78 is 25.3. The van der Waals surface area contributed by atoms with Crippen molar-refractivity contribution >= 4 is 34.1 Å². The number of phenols is 2. The van der Waals surface area contributed by atoms with Crippen molar-refractivity contribution in [3.8, 4) is 23.0 Å². The number of hydrogen-bond donors (Lipinski definition) is 6. The number of phenolic OH excluding ortho intramolecular Hbond substituents is 2. The lowest BCUT2D eigenvalue weighted by Crippen LogP contribution is -2.83. The molecule has 1 aromatic heterocycles. The minimum Gasteiger partial charge on any atom is -0.872 e. The van der Waals surface area contributed by atoms with Crippen molar-refractivity contribution in [1.82, 2.24) is 15.0 Å². The highest BCUT2D eigenvalue weighted by Crippen LogP contribution is 2.54. The zero-order chi connectivity index (χ0) is 45.8. The standard InChI is InChI=1S/C45H61N5O12/c1-11-13-29-21-50(49-48-29)18-17-46-20-30-35-40(56)33-32(39(30)55)34-42(27(7)38(33)54)62-45(9,43(34)57)60-19-16-31(59-10)24(4)41(61-28(8)51)26(6)37(53)25(5)36(52)22(2)14-12-15-23(3)44(58)47-35/h12,14-16,19,21-22,24-26,31,36-37,41,46,52-56H,11,13,17-18,20H2,1-10H3,(H,47,58)/b14-12+,19-16+,23-15-/t22-,24+,25+,26+,31-,36-,37+,41+,45-/m0/s1. The van der Waals surface area contributed by atoms with Crippen molar-refractivity contribution in [3.05, 3.63) is 64.7 Å². The van der Waals surface area contributed by atoms with Crippen LogP contribution in [0.25, 0.3) is 10.8 Å². The molecule has 0 fully saturated rings. The number of rotatable bonds is 9. The molecule has 0 spiro atoms. The molecule has 1 amide bonds. The van der Waals surface area contributed by atoms with Gasteiger partial charge in [0.25, 0.3) is 11.7 Å². The van der Waals surface area contributed by atoms with Crippen LogP contribution in [-0.4, -0.2) is 96.9 Å². The number of benzene rings is 2. The fourth-order valence-electron chi connectivity index (χ4n) is 8.26. The molecule has 6 rings (SSSR count). The summed E-state index contributed by atoms with van der Waals surface area (Å²) in [6.45, 7) is 15.4. The van der Waals surface area contributed by atoms with Gasteiger partial charge in [-0.1, -0.05) is 70.2 Å². The van der Waals surface area contributed by atoms with Crippen molar-refractivity contribution in [2.75, 3.05) is 19.0 Å². The van der Waals surface area contributed by atoms with E-state index in [2.05, 4.69) is 15.6 Å². The van der Waals surface area contributed by atoms with E-state index >= 15 is 0 Å². The van der Waals surface area contributed by atoms with Gasteiger partial charge in [-0.15, -0.1) is 5.10 Å². The molecule has 17 nitrogen and oxygen atoms in total. The molecule has 4 heterocycles. The number of esters is 1. The second-order valence-electron chi connectivity index (χ2n) is 16.7. The number of ketones is 1. The van der Waals surface area contributed by atoms with Crippen LogP contribution in [-0.2, 0) is 43.3 Å². The van der Waals surface area contributed by atoms with E-state index in [9.17, 15) is 39.9 Å². The minimum absolute atomic E-state index is 0.0184. The predicted octanol–water partition coefficient (Wildman–Crippen LogP) is 3.43. The Balaban J connectivity index is 1.64. The first-order valence-electron chi connectivity index (χ1n) is 21.0. The molecule has 338 valence electrons. The summed E-state index contributed by atoms with van der Waals surface area (Å²) in [6, 6.07) is 0. The number of anilines is 1. The van der Waals surface area contributed by atoms with Gasteiger partial charge in [-0.3, -0.25) is 14.4 Å². The number of quaternary nitrogens is 1. The van der Waals surface area contributed by atoms with Gasteiger partial charge in [-0.2, -0.15) is 0 Å². The third-order valence-electron chi connectivity index (χ3n) is 12.1. The van der Waals surface area contributed by atoms with Crippen LogP contribution in [0.1, 0.15) is 89.0 Å². The zero-order valence-corrected chi connectivity index (χ0v) is 37.1. The first-order chi connectivity index (χ1) is 29.3. The van der Waals surface area contributed by atoms with Crippen LogP contribution >= 0.6 is 0 Å². The minimum atomic E-state index is -2.06. The summed E-state index contributed by atoms with van der Waals surface area (Å²) in [5.41, 5.74) is 0.609. The molecule has 0 unspecified atom stereocenters. The Labute approximate surface area is 361 Å². The average molecular weight is 864 g/mol. The van der Waals surface area contributed by atoms with E-state index in [1.54, 1.807) is 44.5 Å². The van der Waals surface area contributed by atoms with Gasteiger partial charge < -0.3 is 55.1 Å². The fourth-order valence-corrected chi connectivity index (χ4v) is 8.26. The number of allylic oxidation sites excluding steroid dienone is 2. The van der Waals surface area contributed by atoms with Crippen LogP contribution in [0.2, 0.25) is 0 Å². The van der Waals surface area contributed by atoms with Crippen LogP contribution in [0.5, 0.6) is 23.0 Å². The Bertz CT molecular complexity index is 2250.